The molecule has 2 heterocycles. The molecule has 3 rings (SSSR count). The van der Waals surface area contributed by atoms with Gasteiger partial charge in [-0.2, -0.15) is 0 Å². The lowest BCUT2D eigenvalue weighted by atomic mass is 10.0. The largest absolute Gasteiger partial charge is 0.392 e. The molecule has 1 N–H and O–H groups in total. The Morgan fingerprint density at radius 2 is 2.12 bits per heavy atom. The highest BCUT2D eigenvalue weighted by Crippen LogP contribution is 2.38. The standard InChI is InChI=1S/C19H21BrN2O2/c1-4-22-17-8-7-13(20)10-15(17)16(11-23)19(22)14-6-5-9-21-18(14)12(2)24-3/h5-10,12,23H,4,11H2,1-3H3/t12-/m0/s1. The molecule has 0 saturated carbocycles. The van der Waals surface area contributed by atoms with Crippen molar-refractivity contribution >= 4 is 26.8 Å². The van der Waals surface area contributed by atoms with Crippen LogP contribution in [0.3, 0.4) is 0 Å². The highest BCUT2D eigenvalue weighted by Gasteiger charge is 2.22. The number of aromatic nitrogens is 2. The molecule has 0 saturated heterocycles. The van der Waals surface area contributed by atoms with Crippen LogP contribution in [-0.2, 0) is 17.9 Å². The molecule has 4 nitrogen and oxygen atoms in total. The SMILES string of the molecule is CCn1c(-c2cccnc2[C@H](C)OC)c(CO)c2cc(Br)ccc21. The van der Waals surface area contributed by atoms with Crippen LogP contribution in [0.4, 0.5) is 0 Å². The fraction of sp³-hybridized carbons (Fsp3) is 0.316. The summed E-state index contributed by atoms with van der Waals surface area (Å²) in [5.74, 6) is 0. The number of aliphatic hydroxyl groups excluding tert-OH is 1. The first kappa shape index (κ1) is 17.1. The Labute approximate surface area is 150 Å². The maximum absolute atomic E-state index is 10.1. The Kier molecular flexibility index (Phi) is 5.04. The Hall–Kier alpha value is -1.69. The second-order valence-electron chi connectivity index (χ2n) is 5.71. The first-order valence-electron chi connectivity index (χ1n) is 8.01. The van der Waals surface area contributed by atoms with Crippen LogP contribution < -0.4 is 0 Å². The van der Waals surface area contributed by atoms with Crippen LogP contribution in [0.5, 0.6) is 0 Å². The summed E-state index contributed by atoms with van der Waals surface area (Å²) in [6, 6.07) is 10.2. The summed E-state index contributed by atoms with van der Waals surface area (Å²) < 4.78 is 8.73. The molecule has 0 unspecified atom stereocenters. The number of hydrogen-bond donors (Lipinski definition) is 1. The van der Waals surface area contributed by atoms with E-state index in [-0.39, 0.29) is 12.7 Å². The number of halogens is 1. The maximum atomic E-state index is 10.1. The number of pyridine rings is 1. The third kappa shape index (κ3) is 2.77. The Morgan fingerprint density at radius 3 is 2.79 bits per heavy atom. The van der Waals surface area contributed by atoms with Gasteiger partial charge in [0.2, 0.25) is 0 Å². The van der Waals surface area contributed by atoms with Crippen molar-refractivity contribution in [1.29, 1.82) is 0 Å². The van der Waals surface area contributed by atoms with Gasteiger partial charge in [0.25, 0.3) is 0 Å². The summed E-state index contributed by atoms with van der Waals surface area (Å²) in [6.45, 7) is 4.88. The second kappa shape index (κ2) is 7.05. The van der Waals surface area contributed by atoms with E-state index in [1.807, 2.05) is 25.1 Å². The van der Waals surface area contributed by atoms with Crippen molar-refractivity contribution in [2.24, 2.45) is 0 Å². The number of aliphatic hydroxyl groups is 1. The van der Waals surface area contributed by atoms with Crippen molar-refractivity contribution in [2.75, 3.05) is 7.11 Å². The summed E-state index contributed by atoms with van der Waals surface area (Å²) in [4.78, 5) is 4.54. The van der Waals surface area contributed by atoms with E-state index in [2.05, 4.69) is 44.5 Å². The lowest BCUT2D eigenvalue weighted by molar-refractivity contribution is 0.116. The van der Waals surface area contributed by atoms with Gasteiger partial charge in [0.1, 0.15) is 0 Å². The Bertz CT molecular complexity index is 873. The molecular formula is C19H21BrN2O2. The van der Waals surface area contributed by atoms with Crippen LogP contribution in [-0.4, -0.2) is 21.8 Å². The molecule has 1 aromatic carbocycles. The lowest BCUT2D eigenvalue weighted by Gasteiger charge is -2.17. The van der Waals surface area contributed by atoms with Gasteiger partial charge in [-0.1, -0.05) is 15.9 Å². The van der Waals surface area contributed by atoms with Gasteiger partial charge in [-0.05, 0) is 44.2 Å². The second-order valence-corrected chi connectivity index (χ2v) is 6.62. The van der Waals surface area contributed by atoms with E-state index in [9.17, 15) is 5.11 Å². The van der Waals surface area contributed by atoms with E-state index in [1.165, 1.54) is 0 Å². The first-order chi connectivity index (χ1) is 11.6. The fourth-order valence-electron chi connectivity index (χ4n) is 3.25. The number of hydrogen-bond acceptors (Lipinski definition) is 3. The molecule has 3 aromatic rings. The summed E-state index contributed by atoms with van der Waals surface area (Å²) in [5, 5.41) is 11.1. The van der Waals surface area contributed by atoms with Crippen molar-refractivity contribution < 1.29 is 9.84 Å². The molecule has 0 aliphatic rings. The molecule has 0 radical (unpaired) electrons. The zero-order chi connectivity index (χ0) is 17.3. The summed E-state index contributed by atoms with van der Waals surface area (Å²) >= 11 is 3.53. The van der Waals surface area contributed by atoms with Gasteiger partial charge in [-0.3, -0.25) is 4.98 Å². The molecule has 0 spiro atoms. The number of methoxy groups -OCH3 is 1. The van der Waals surface area contributed by atoms with Crippen LogP contribution >= 0.6 is 15.9 Å². The predicted octanol–water partition coefficient (Wildman–Crippen LogP) is 4.69. The third-order valence-electron chi connectivity index (χ3n) is 4.44. The predicted molar refractivity (Wildman–Crippen MR) is 99.9 cm³/mol. The average molecular weight is 389 g/mol. The number of nitrogens with zero attached hydrogens (tertiary/aromatic N) is 2. The van der Waals surface area contributed by atoms with Gasteiger partial charge in [-0.15, -0.1) is 0 Å². The summed E-state index contributed by atoms with van der Waals surface area (Å²) in [7, 11) is 1.68. The number of ether oxygens (including phenoxy) is 1. The smallest absolute Gasteiger partial charge is 0.0969 e. The van der Waals surface area contributed by atoms with Crippen molar-refractivity contribution in [3.63, 3.8) is 0 Å². The van der Waals surface area contributed by atoms with Gasteiger partial charge in [-0.25, -0.2) is 0 Å². The van der Waals surface area contributed by atoms with Gasteiger partial charge in [0.05, 0.1) is 24.1 Å². The molecule has 5 heteroatoms. The van der Waals surface area contributed by atoms with E-state index < -0.39 is 0 Å². The lowest BCUT2D eigenvalue weighted by Crippen LogP contribution is -2.06. The minimum absolute atomic E-state index is 0.0228. The molecule has 0 aliphatic carbocycles. The van der Waals surface area contributed by atoms with Crippen molar-refractivity contribution in [2.45, 2.75) is 33.1 Å². The van der Waals surface area contributed by atoms with Gasteiger partial charge < -0.3 is 14.4 Å². The number of fused-ring (bicyclic) bond motifs is 1. The van der Waals surface area contributed by atoms with E-state index in [4.69, 9.17) is 4.74 Å². The molecule has 0 fully saturated rings. The Morgan fingerprint density at radius 1 is 1.33 bits per heavy atom. The zero-order valence-electron chi connectivity index (χ0n) is 14.1. The van der Waals surface area contributed by atoms with Gasteiger partial charge in [0.15, 0.2) is 0 Å². The van der Waals surface area contributed by atoms with Gasteiger partial charge >= 0.3 is 0 Å². The molecule has 0 aliphatic heterocycles. The molecule has 1 atom stereocenters. The fourth-order valence-corrected chi connectivity index (χ4v) is 3.61. The molecular weight excluding hydrogens is 368 g/mol. The highest BCUT2D eigenvalue weighted by atomic mass is 79.9. The minimum atomic E-state index is -0.122. The normalized spacial score (nSPS) is 12.7. The molecule has 0 bridgehead atoms. The van der Waals surface area contributed by atoms with E-state index in [0.29, 0.717) is 0 Å². The quantitative estimate of drug-likeness (QED) is 0.689. The van der Waals surface area contributed by atoms with Crippen LogP contribution in [0.15, 0.2) is 41.0 Å². The van der Waals surface area contributed by atoms with Crippen molar-refractivity contribution in [1.82, 2.24) is 9.55 Å². The summed E-state index contributed by atoms with van der Waals surface area (Å²) in [5.41, 5.74) is 4.93. The van der Waals surface area contributed by atoms with E-state index in [0.717, 1.165) is 44.4 Å². The zero-order valence-corrected chi connectivity index (χ0v) is 15.7. The highest BCUT2D eigenvalue weighted by molar-refractivity contribution is 9.10. The van der Waals surface area contributed by atoms with Crippen LogP contribution in [0.1, 0.15) is 31.2 Å². The monoisotopic (exact) mass is 388 g/mol. The maximum Gasteiger partial charge on any atom is 0.0969 e. The summed E-state index contributed by atoms with van der Waals surface area (Å²) in [6.07, 6.45) is 1.66. The third-order valence-corrected chi connectivity index (χ3v) is 4.93. The number of aryl methyl sites for hydroxylation is 1. The molecule has 126 valence electrons. The van der Waals surface area contributed by atoms with E-state index in [1.54, 1.807) is 13.3 Å². The number of benzene rings is 1. The molecule has 24 heavy (non-hydrogen) atoms. The van der Waals surface area contributed by atoms with Gasteiger partial charge in [0, 0.05) is 46.4 Å². The van der Waals surface area contributed by atoms with Crippen LogP contribution in [0.25, 0.3) is 22.2 Å². The van der Waals surface area contributed by atoms with Crippen molar-refractivity contribution in [3.8, 4) is 11.3 Å². The molecule has 2 aromatic heterocycles. The first-order valence-corrected chi connectivity index (χ1v) is 8.81. The topological polar surface area (TPSA) is 47.3 Å². The van der Waals surface area contributed by atoms with Crippen LogP contribution in [0, 0.1) is 0 Å². The number of rotatable bonds is 5. The van der Waals surface area contributed by atoms with Crippen LogP contribution in [0.2, 0.25) is 0 Å². The molecule has 0 amide bonds. The van der Waals surface area contributed by atoms with Crippen molar-refractivity contribution in [3.05, 3.63) is 52.3 Å². The minimum Gasteiger partial charge on any atom is -0.392 e. The van der Waals surface area contributed by atoms with E-state index >= 15 is 0 Å². The average Bonchev–Trinajstić information content (AvgIpc) is 2.93. The Balaban J connectivity index is 2.38.